The quantitative estimate of drug-likeness (QED) is 0.688. The lowest BCUT2D eigenvalue weighted by molar-refractivity contribution is -0.125. The van der Waals surface area contributed by atoms with E-state index in [-0.39, 0.29) is 17.9 Å². The fraction of sp³-hybridized carbons (Fsp3) is 0.429. The smallest absolute Gasteiger partial charge is 0.298 e. The van der Waals surface area contributed by atoms with Crippen molar-refractivity contribution in [2.45, 2.75) is 18.9 Å². The molecule has 0 aliphatic carbocycles. The van der Waals surface area contributed by atoms with Crippen LogP contribution in [0.15, 0.2) is 46.2 Å². The highest BCUT2D eigenvalue weighted by atomic mass is 32.1. The maximum absolute atomic E-state index is 12.7. The second-order valence-corrected chi connectivity index (χ2v) is 8.44. The van der Waals surface area contributed by atoms with E-state index < -0.39 is 0 Å². The zero-order valence-corrected chi connectivity index (χ0v) is 17.1. The molecule has 3 heterocycles. The van der Waals surface area contributed by atoms with Gasteiger partial charge >= 0.3 is 0 Å². The number of aromatic nitrogens is 1. The van der Waals surface area contributed by atoms with Gasteiger partial charge in [-0.1, -0.05) is 18.2 Å². The van der Waals surface area contributed by atoms with Gasteiger partial charge in [0.1, 0.15) is 5.52 Å². The zero-order chi connectivity index (χ0) is 19.5. The molecule has 0 radical (unpaired) electrons. The minimum atomic E-state index is 0.0479. The number of nitrogens with one attached hydrogen (secondary N) is 1. The number of piperidine rings is 1. The van der Waals surface area contributed by atoms with Gasteiger partial charge in [-0.15, -0.1) is 11.3 Å². The van der Waals surface area contributed by atoms with Gasteiger partial charge in [-0.3, -0.25) is 4.79 Å². The first kappa shape index (κ1) is 19.0. The monoisotopic (exact) mass is 398 g/mol. The first-order valence-electron chi connectivity index (χ1n) is 9.70. The molecule has 28 heavy (non-hydrogen) atoms. The minimum absolute atomic E-state index is 0.0479. The molecule has 1 aliphatic heterocycles. The largest absolute Gasteiger partial charge is 0.423 e. The third kappa shape index (κ3) is 4.05. The summed E-state index contributed by atoms with van der Waals surface area (Å²) in [7, 11) is 4.10. The van der Waals surface area contributed by atoms with Crippen LogP contribution in [0.25, 0.3) is 11.1 Å². The number of fused-ring (bicyclic) bond motifs is 1. The maximum Gasteiger partial charge on any atom is 0.298 e. The summed E-state index contributed by atoms with van der Waals surface area (Å²) >= 11 is 1.73. The van der Waals surface area contributed by atoms with Crippen LogP contribution in [0.2, 0.25) is 0 Å². The normalized spacial score (nSPS) is 16.6. The van der Waals surface area contributed by atoms with Crippen molar-refractivity contribution in [1.29, 1.82) is 0 Å². The number of hydrogen-bond donors (Lipinski definition) is 1. The number of para-hydroxylation sites is 2. The van der Waals surface area contributed by atoms with Crippen LogP contribution in [-0.4, -0.2) is 49.5 Å². The summed E-state index contributed by atoms with van der Waals surface area (Å²) in [5.74, 6) is 0.201. The van der Waals surface area contributed by atoms with Crippen LogP contribution in [-0.2, 0) is 4.79 Å². The van der Waals surface area contributed by atoms with Crippen molar-refractivity contribution in [1.82, 2.24) is 15.2 Å². The van der Waals surface area contributed by atoms with E-state index in [4.69, 9.17) is 4.42 Å². The number of amides is 1. The molecule has 1 atom stereocenters. The van der Waals surface area contributed by atoms with Gasteiger partial charge in [-0.2, -0.15) is 4.98 Å². The molecule has 1 saturated heterocycles. The second-order valence-electron chi connectivity index (χ2n) is 7.47. The Morgan fingerprint density at radius 2 is 2.07 bits per heavy atom. The van der Waals surface area contributed by atoms with Crippen molar-refractivity contribution in [3.05, 3.63) is 46.7 Å². The molecule has 1 fully saturated rings. The summed E-state index contributed by atoms with van der Waals surface area (Å²) in [5, 5.41) is 5.25. The fourth-order valence-electron chi connectivity index (χ4n) is 3.69. The number of hydrogen-bond acceptors (Lipinski definition) is 6. The van der Waals surface area contributed by atoms with E-state index in [2.05, 4.69) is 51.7 Å². The van der Waals surface area contributed by atoms with Gasteiger partial charge in [-0.05, 0) is 50.5 Å². The standard InChI is InChI=1S/C21H26N4O2S/c1-24(2)17(19-8-5-13-28-19)14-22-20(26)15-9-11-25(12-10-15)21-23-16-6-3-4-7-18(16)27-21/h3-8,13,15,17H,9-12,14H2,1-2H3,(H,22,26)/t17-/m1/s1. The molecule has 0 saturated carbocycles. The van der Waals surface area contributed by atoms with Crippen molar-refractivity contribution in [3.63, 3.8) is 0 Å². The number of rotatable bonds is 6. The molecule has 0 bridgehead atoms. The third-order valence-corrected chi connectivity index (χ3v) is 6.36. The number of benzene rings is 1. The Hall–Kier alpha value is -2.38. The molecule has 2 aromatic heterocycles. The average molecular weight is 399 g/mol. The van der Waals surface area contributed by atoms with Gasteiger partial charge in [0.25, 0.3) is 6.01 Å². The Bertz CT molecular complexity index is 881. The summed E-state index contributed by atoms with van der Waals surface area (Å²) in [6.45, 7) is 2.21. The molecular weight excluding hydrogens is 372 g/mol. The van der Waals surface area contributed by atoms with Crippen molar-refractivity contribution in [2.75, 3.05) is 38.6 Å². The van der Waals surface area contributed by atoms with E-state index in [1.54, 1.807) is 11.3 Å². The highest BCUT2D eigenvalue weighted by molar-refractivity contribution is 7.10. The zero-order valence-electron chi connectivity index (χ0n) is 16.3. The number of anilines is 1. The van der Waals surface area contributed by atoms with E-state index in [0.717, 1.165) is 37.0 Å². The van der Waals surface area contributed by atoms with Gasteiger partial charge in [0.15, 0.2) is 5.58 Å². The summed E-state index contributed by atoms with van der Waals surface area (Å²) in [6.07, 6.45) is 1.63. The lowest BCUT2D eigenvalue weighted by Gasteiger charge is -2.31. The second kappa shape index (κ2) is 8.32. The number of oxazole rings is 1. The van der Waals surface area contributed by atoms with Crippen LogP contribution in [0.1, 0.15) is 23.8 Å². The topological polar surface area (TPSA) is 61.6 Å². The molecular formula is C21H26N4O2S. The molecule has 4 rings (SSSR count). The Labute approximate surface area is 169 Å². The first-order chi connectivity index (χ1) is 13.6. The molecule has 3 aromatic rings. The average Bonchev–Trinajstić information content (AvgIpc) is 3.37. The number of nitrogens with zero attached hydrogens (tertiary/aromatic N) is 3. The van der Waals surface area contributed by atoms with E-state index in [0.29, 0.717) is 12.6 Å². The van der Waals surface area contributed by atoms with Gasteiger partial charge < -0.3 is 19.5 Å². The Balaban J connectivity index is 1.31. The van der Waals surface area contributed by atoms with Gasteiger partial charge in [0.05, 0.1) is 6.04 Å². The first-order valence-corrected chi connectivity index (χ1v) is 10.6. The van der Waals surface area contributed by atoms with E-state index in [1.807, 2.05) is 24.3 Å². The number of carbonyl (C=O) groups is 1. The summed E-state index contributed by atoms with van der Waals surface area (Å²) < 4.78 is 5.86. The fourth-order valence-corrected chi connectivity index (χ4v) is 4.61. The molecule has 1 aliphatic rings. The van der Waals surface area contributed by atoms with Gasteiger partial charge in [0.2, 0.25) is 5.91 Å². The molecule has 0 spiro atoms. The Kier molecular flexibility index (Phi) is 5.64. The number of carbonyl (C=O) groups excluding carboxylic acids is 1. The summed E-state index contributed by atoms with van der Waals surface area (Å²) in [5.41, 5.74) is 1.68. The van der Waals surface area contributed by atoms with Crippen molar-refractivity contribution < 1.29 is 9.21 Å². The van der Waals surface area contributed by atoms with Crippen molar-refractivity contribution in [2.24, 2.45) is 5.92 Å². The molecule has 1 aromatic carbocycles. The minimum Gasteiger partial charge on any atom is -0.423 e. The van der Waals surface area contributed by atoms with E-state index in [9.17, 15) is 4.79 Å². The Morgan fingerprint density at radius 3 is 2.75 bits per heavy atom. The molecule has 7 heteroatoms. The van der Waals surface area contributed by atoms with Crippen LogP contribution in [0.3, 0.4) is 0 Å². The van der Waals surface area contributed by atoms with Crippen LogP contribution in [0.4, 0.5) is 6.01 Å². The van der Waals surface area contributed by atoms with Crippen LogP contribution in [0, 0.1) is 5.92 Å². The lowest BCUT2D eigenvalue weighted by atomic mass is 9.96. The molecule has 1 amide bonds. The Morgan fingerprint density at radius 1 is 1.29 bits per heavy atom. The number of thiophene rings is 1. The maximum atomic E-state index is 12.7. The third-order valence-electron chi connectivity index (χ3n) is 5.38. The van der Waals surface area contributed by atoms with E-state index >= 15 is 0 Å². The highest BCUT2D eigenvalue weighted by Crippen LogP contribution is 2.27. The molecule has 6 nitrogen and oxygen atoms in total. The molecule has 148 valence electrons. The number of likely N-dealkylation sites (N-methyl/N-ethyl adjacent to an activating group) is 1. The summed E-state index contributed by atoms with van der Waals surface area (Å²) in [4.78, 5) is 22.8. The predicted molar refractivity (Wildman–Crippen MR) is 113 cm³/mol. The van der Waals surface area contributed by atoms with Crippen molar-refractivity contribution >= 4 is 34.4 Å². The van der Waals surface area contributed by atoms with Crippen LogP contribution >= 0.6 is 11.3 Å². The predicted octanol–water partition coefficient (Wildman–Crippen LogP) is 3.52. The van der Waals surface area contributed by atoms with Gasteiger partial charge in [0, 0.05) is 30.4 Å². The van der Waals surface area contributed by atoms with E-state index in [1.165, 1.54) is 4.88 Å². The molecule has 1 N–H and O–H groups in total. The van der Waals surface area contributed by atoms with Crippen LogP contribution < -0.4 is 10.2 Å². The summed E-state index contributed by atoms with van der Waals surface area (Å²) in [6, 6.07) is 12.8. The van der Waals surface area contributed by atoms with Crippen LogP contribution in [0.5, 0.6) is 0 Å². The van der Waals surface area contributed by atoms with Gasteiger partial charge in [-0.25, -0.2) is 0 Å². The SMILES string of the molecule is CN(C)[C@H](CNC(=O)C1CCN(c2nc3ccccc3o2)CC1)c1cccs1. The highest BCUT2D eigenvalue weighted by Gasteiger charge is 2.28. The molecule has 0 unspecified atom stereocenters. The van der Waals surface area contributed by atoms with Crippen molar-refractivity contribution in [3.8, 4) is 0 Å². The lowest BCUT2D eigenvalue weighted by Crippen LogP contribution is -2.42.